The minimum absolute atomic E-state index is 0.0985. The van der Waals surface area contributed by atoms with Crippen LogP contribution in [0.1, 0.15) is 38.9 Å². The summed E-state index contributed by atoms with van der Waals surface area (Å²) in [5, 5.41) is 12.5. The minimum atomic E-state index is -0.320. The van der Waals surface area contributed by atoms with Crippen LogP contribution in [0.25, 0.3) is 0 Å². The first-order valence-electron chi connectivity index (χ1n) is 5.94. The maximum atomic E-state index is 12.8. The molecule has 0 amide bonds. The van der Waals surface area contributed by atoms with E-state index in [-0.39, 0.29) is 23.9 Å². The Bertz CT molecular complexity index is 338. The Morgan fingerprint density at radius 1 is 1.47 bits per heavy atom. The molecule has 4 heteroatoms. The third-order valence-electron chi connectivity index (χ3n) is 2.77. The molecular formula is C13H21FN2O. The molecule has 0 aliphatic heterocycles. The lowest BCUT2D eigenvalue weighted by molar-refractivity contribution is 0.152. The third-order valence-corrected chi connectivity index (χ3v) is 2.77. The number of pyridine rings is 1. The lowest BCUT2D eigenvalue weighted by atomic mass is 9.94. The van der Waals surface area contributed by atoms with Crippen LogP contribution in [0.15, 0.2) is 18.3 Å². The first kappa shape index (κ1) is 14.1. The Morgan fingerprint density at radius 3 is 2.65 bits per heavy atom. The standard InChI is InChI=1S/C13H21FN2O/c1-4-11(16-8-13(2,3)9-17)12-6-5-10(14)7-15-12/h5-7,11,16-17H,4,8-9H2,1-3H3. The SMILES string of the molecule is CCC(NCC(C)(C)CO)c1ccc(F)cn1. The highest BCUT2D eigenvalue weighted by atomic mass is 19.1. The molecule has 0 aliphatic carbocycles. The molecule has 0 spiro atoms. The van der Waals surface area contributed by atoms with Crippen molar-refractivity contribution in [2.24, 2.45) is 5.41 Å². The van der Waals surface area contributed by atoms with Crippen molar-refractivity contribution in [2.45, 2.75) is 33.2 Å². The monoisotopic (exact) mass is 240 g/mol. The van der Waals surface area contributed by atoms with E-state index in [0.29, 0.717) is 6.54 Å². The second-order valence-corrected chi connectivity index (χ2v) is 5.07. The molecule has 17 heavy (non-hydrogen) atoms. The maximum absolute atomic E-state index is 12.8. The Kier molecular flexibility index (Phi) is 5.02. The zero-order valence-electron chi connectivity index (χ0n) is 10.7. The molecule has 1 aromatic rings. The predicted molar refractivity (Wildman–Crippen MR) is 66.1 cm³/mol. The summed E-state index contributed by atoms with van der Waals surface area (Å²) < 4.78 is 12.8. The Hall–Kier alpha value is -1.00. The van der Waals surface area contributed by atoms with Gasteiger partial charge >= 0.3 is 0 Å². The van der Waals surface area contributed by atoms with E-state index in [1.165, 1.54) is 12.3 Å². The largest absolute Gasteiger partial charge is 0.396 e. The molecule has 1 rings (SSSR count). The van der Waals surface area contributed by atoms with E-state index in [4.69, 9.17) is 0 Å². The lowest BCUT2D eigenvalue weighted by Crippen LogP contribution is -2.34. The topological polar surface area (TPSA) is 45.1 Å². The average Bonchev–Trinajstić information content (AvgIpc) is 2.32. The molecule has 1 unspecified atom stereocenters. The predicted octanol–water partition coefficient (Wildman–Crippen LogP) is 2.28. The van der Waals surface area contributed by atoms with Crippen LogP contribution < -0.4 is 5.32 Å². The van der Waals surface area contributed by atoms with E-state index in [1.54, 1.807) is 6.07 Å². The van der Waals surface area contributed by atoms with Gasteiger partial charge in [-0.25, -0.2) is 4.39 Å². The van der Waals surface area contributed by atoms with Gasteiger partial charge in [0, 0.05) is 24.6 Å². The number of aliphatic hydroxyl groups excluding tert-OH is 1. The first-order chi connectivity index (χ1) is 7.98. The second kappa shape index (κ2) is 6.07. The van der Waals surface area contributed by atoms with Gasteiger partial charge in [0.25, 0.3) is 0 Å². The van der Waals surface area contributed by atoms with Crippen molar-refractivity contribution < 1.29 is 9.50 Å². The van der Waals surface area contributed by atoms with Gasteiger partial charge in [-0.3, -0.25) is 4.98 Å². The van der Waals surface area contributed by atoms with Crippen LogP contribution >= 0.6 is 0 Å². The van der Waals surface area contributed by atoms with E-state index in [1.807, 2.05) is 13.8 Å². The Morgan fingerprint density at radius 2 is 2.18 bits per heavy atom. The highest BCUT2D eigenvalue weighted by Crippen LogP contribution is 2.18. The van der Waals surface area contributed by atoms with Crippen molar-refractivity contribution in [3.05, 3.63) is 29.8 Å². The Balaban J connectivity index is 2.63. The van der Waals surface area contributed by atoms with E-state index in [9.17, 15) is 9.50 Å². The number of aromatic nitrogens is 1. The van der Waals surface area contributed by atoms with Crippen LogP contribution in [0.2, 0.25) is 0 Å². The number of rotatable bonds is 6. The smallest absolute Gasteiger partial charge is 0.141 e. The van der Waals surface area contributed by atoms with Gasteiger partial charge in [0.1, 0.15) is 5.82 Å². The van der Waals surface area contributed by atoms with Crippen LogP contribution in [-0.2, 0) is 0 Å². The molecule has 1 heterocycles. The number of nitrogens with one attached hydrogen (secondary N) is 1. The van der Waals surface area contributed by atoms with Crippen LogP contribution in [0, 0.1) is 11.2 Å². The summed E-state index contributed by atoms with van der Waals surface area (Å²) in [5.41, 5.74) is 0.677. The molecule has 0 bridgehead atoms. The van der Waals surface area contributed by atoms with Crippen LogP contribution in [0.3, 0.4) is 0 Å². The van der Waals surface area contributed by atoms with Gasteiger partial charge in [-0.15, -0.1) is 0 Å². The molecule has 0 fully saturated rings. The van der Waals surface area contributed by atoms with Crippen LogP contribution in [-0.4, -0.2) is 23.2 Å². The molecule has 96 valence electrons. The van der Waals surface area contributed by atoms with Crippen LogP contribution in [0.5, 0.6) is 0 Å². The molecule has 1 aromatic heterocycles. The fraction of sp³-hybridized carbons (Fsp3) is 0.615. The van der Waals surface area contributed by atoms with Gasteiger partial charge < -0.3 is 10.4 Å². The van der Waals surface area contributed by atoms with Crippen molar-refractivity contribution in [3.8, 4) is 0 Å². The summed E-state index contributed by atoms with van der Waals surface area (Å²) in [7, 11) is 0. The fourth-order valence-electron chi connectivity index (χ4n) is 1.51. The highest BCUT2D eigenvalue weighted by molar-refractivity contribution is 5.09. The van der Waals surface area contributed by atoms with Gasteiger partial charge in [-0.05, 0) is 18.6 Å². The van der Waals surface area contributed by atoms with Crippen molar-refractivity contribution in [1.29, 1.82) is 0 Å². The lowest BCUT2D eigenvalue weighted by Gasteiger charge is -2.25. The highest BCUT2D eigenvalue weighted by Gasteiger charge is 2.19. The number of hydrogen-bond acceptors (Lipinski definition) is 3. The van der Waals surface area contributed by atoms with Gasteiger partial charge in [0.2, 0.25) is 0 Å². The van der Waals surface area contributed by atoms with Crippen molar-refractivity contribution in [2.75, 3.05) is 13.2 Å². The van der Waals surface area contributed by atoms with Gasteiger partial charge in [0.05, 0.1) is 11.9 Å². The fourth-order valence-corrected chi connectivity index (χ4v) is 1.51. The molecule has 0 radical (unpaired) electrons. The zero-order valence-corrected chi connectivity index (χ0v) is 10.7. The number of hydrogen-bond donors (Lipinski definition) is 2. The van der Waals surface area contributed by atoms with Gasteiger partial charge in [-0.2, -0.15) is 0 Å². The summed E-state index contributed by atoms with van der Waals surface area (Å²) >= 11 is 0. The summed E-state index contributed by atoms with van der Waals surface area (Å²) in [5.74, 6) is -0.320. The van der Waals surface area contributed by atoms with Crippen LogP contribution in [0.4, 0.5) is 4.39 Å². The summed E-state index contributed by atoms with van der Waals surface area (Å²) in [6.45, 7) is 6.86. The number of aliphatic hydroxyl groups is 1. The zero-order chi connectivity index (χ0) is 12.9. The summed E-state index contributed by atoms with van der Waals surface area (Å²) in [6.07, 6.45) is 2.11. The molecule has 3 nitrogen and oxygen atoms in total. The first-order valence-corrected chi connectivity index (χ1v) is 5.94. The van der Waals surface area contributed by atoms with Crippen molar-refractivity contribution >= 4 is 0 Å². The Labute approximate surface area is 102 Å². The number of halogens is 1. The van der Waals surface area contributed by atoms with Crippen molar-refractivity contribution in [1.82, 2.24) is 10.3 Å². The normalized spacial score (nSPS) is 13.7. The molecule has 0 aromatic carbocycles. The second-order valence-electron chi connectivity index (χ2n) is 5.07. The van der Waals surface area contributed by atoms with E-state index >= 15 is 0 Å². The van der Waals surface area contributed by atoms with E-state index < -0.39 is 0 Å². The number of nitrogens with zero attached hydrogens (tertiary/aromatic N) is 1. The summed E-state index contributed by atoms with van der Waals surface area (Å²) in [6, 6.07) is 3.22. The van der Waals surface area contributed by atoms with Gasteiger partial charge in [0.15, 0.2) is 0 Å². The molecule has 0 saturated carbocycles. The van der Waals surface area contributed by atoms with E-state index in [0.717, 1.165) is 12.1 Å². The molecule has 2 N–H and O–H groups in total. The maximum Gasteiger partial charge on any atom is 0.141 e. The molecule has 0 saturated heterocycles. The quantitative estimate of drug-likeness (QED) is 0.802. The molecular weight excluding hydrogens is 219 g/mol. The molecule has 0 aliphatic rings. The van der Waals surface area contributed by atoms with Gasteiger partial charge in [-0.1, -0.05) is 20.8 Å². The van der Waals surface area contributed by atoms with Crippen molar-refractivity contribution in [3.63, 3.8) is 0 Å². The summed E-state index contributed by atoms with van der Waals surface area (Å²) in [4.78, 5) is 4.08. The third kappa shape index (κ3) is 4.40. The average molecular weight is 240 g/mol. The minimum Gasteiger partial charge on any atom is -0.396 e. The molecule has 1 atom stereocenters. The van der Waals surface area contributed by atoms with E-state index in [2.05, 4.69) is 17.2 Å².